The number of nitrogens with zero attached hydrogens (tertiary/aromatic N) is 1. The van der Waals surface area contributed by atoms with Crippen molar-refractivity contribution in [2.75, 3.05) is 12.4 Å². The van der Waals surface area contributed by atoms with Crippen molar-refractivity contribution in [1.29, 1.82) is 0 Å². The van der Waals surface area contributed by atoms with Crippen LogP contribution in [-0.4, -0.2) is 29.2 Å². The van der Waals surface area contributed by atoms with Crippen LogP contribution in [0.25, 0.3) is 0 Å². The first-order valence-electron chi connectivity index (χ1n) is 6.60. The number of carbonyl (C=O) groups excluding carboxylic acids is 1. The highest BCUT2D eigenvalue weighted by molar-refractivity contribution is 6.02. The number of nitrogens with one attached hydrogen (secondary N) is 1. The predicted molar refractivity (Wildman–Crippen MR) is 77.7 cm³/mol. The summed E-state index contributed by atoms with van der Waals surface area (Å²) in [5, 5.41) is 15.3. The van der Waals surface area contributed by atoms with Crippen LogP contribution in [0.5, 0.6) is 0 Å². The third kappa shape index (κ3) is 3.70. The van der Waals surface area contributed by atoms with E-state index in [2.05, 4.69) is 10.5 Å². The standard InChI is InChI=1S/C15H16N2O5/c1-9(15(19)20)10-4-3-5-11(6-10)16-14(18)13-7-12(8-21-2)22-17-13/h3-7,9H,8H2,1-2H3,(H,16,18)(H,19,20). The monoisotopic (exact) mass is 304 g/mol. The fraction of sp³-hybridized carbons (Fsp3) is 0.267. The minimum atomic E-state index is -0.927. The van der Waals surface area contributed by atoms with Gasteiger partial charge < -0.3 is 19.7 Å². The van der Waals surface area contributed by atoms with Crippen LogP contribution in [0.4, 0.5) is 5.69 Å². The Morgan fingerprint density at radius 1 is 1.41 bits per heavy atom. The van der Waals surface area contributed by atoms with Crippen LogP contribution in [-0.2, 0) is 16.1 Å². The molecule has 0 saturated carbocycles. The molecule has 0 bridgehead atoms. The quantitative estimate of drug-likeness (QED) is 0.848. The molecule has 22 heavy (non-hydrogen) atoms. The van der Waals surface area contributed by atoms with Gasteiger partial charge in [-0.05, 0) is 24.6 Å². The van der Waals surface area contributed by atoms with Gasteiger partial charge in [-0.2, -0.15) is 0 Å². The number of carboxylic acids is 1. The maximum atomic E-state index is 12.1. The molecule has 1 aromatic heterocycles. The molecule has 0 radical (unpaired) electrons. The SMILES string of the molecule is COCc1cc(C(=O)Nc2cccc(C(C)C(=O)O)c2)no1. The molecule has 1 atom stereocenters. The molecule has 0 aliphatic heterocycles. The summed E-state index contributed by atoms with van der Waals surface area (Å²) in [5.41, 5.74) is 1.22. The van der Waals surface area contributed by atoms with Crippen molar-refractivity contribution in [3.05, 3.63) is 47.3 Å². The summed E-state index contributed by atoms with van der Waals surface area (Å²) in [5.74, 6) is -1.58. The molecule has 0 aliphatic rings. The smallest absolute Gasteiger partial charge is 0.310 e. The molecule has 1 unspecified atom stereocenters. The van der Waals surface area contributed by atoms with Gasteiger partial charge in [0.25, 0.3) is 5.91 Å². The minimum absolute atomic E-state index is 0.128. The van der Waals surface area contributed by atoms with E-state index in [4.69, 9.17) is 14.4 Å². The Balaban J connectivity index is 2.11. The van der Waals surface area contributed by atoms with Gasteiger partial charge in [-0.25, -0.2) is 0 Å². The molecular weight excluding hydrogens is 288 g/mol. The first-order valence-corrected chi connectivity index (χ1v) is 6.60. The van der Waals surface area contributed by atoms with Crippen molar-refractivity contribution in [1.82, 2.24) is 5.16 Å². The maximum absolute atomic E-state index is 12.1. The first-order chi connectivity index (χ1) is 10.5. The molecule has 0 aliphatic carbocycles. The number of aliphatic carboxylic acids is 1. The Labute approximate surface area is 126 Å². The molecule has 0 fully saturated rings. The van der Waals surface area contributed by atoms with Gasteiger partial charge in [0, 0.05) is 18.9 Å². The highest BCUT2D eigenvalue weighted by Gasteiger charge is 2.16. The third-order valence-electron chi connectivity index (χ3n) is 3.09. The van der Waals surface area contributed by atoms with E-state index in [1.807, 2.05) is 0 Å². The van der Waals surface area contributed by atoms with Crippen LogP contribution in [0, 0.1) is 0 Å². The zero-order valence-electron chi connectivity index (χ0n) is 12.2. The normalized spacial score (nSPS) is 11.9. The lowest BCUT2D eigenvalue weighted by Crippen LogP contribution is -2.13. The third-order valence-corrected chi connectivity index (χ3v) is 3.09. The summed E-state index contributed by atoms with van der Waals surface area (Å²) in [6.07, 6.45) is 0. The lowest BCUT2D eigenvalue weighted by Gasteiger charge is -2.09. The highest BCUT2D eigenvalue weighted by atomic mass is 16.5. The molecule has 0 spiro atoms. The zero-order chi connectivity index (χ0) is 16.1. The van der Waals surface area contributed by atoms with Gasteiger partial charge in [-0.3, -0.25) is 9.59 Å². The van der Waals surface area contributed by atoms with E-state index < -0.39 is 17.8 Å². The van der Waals surface area contributed by atoms with E-state index in [0.29, 0.717) is 17.0 Å². The van der Waals surface area contributed by atoms with Gasteiger partial charge in [-0.1, -0.05) is 17.3 Å². The van der Waals surface area contributed by atoms with E-state index in [9.17, 15) is 9.59 Å². The van der Waals surface area contributed by atoms with Gasteiger partial charge in [0.2, 0.25) is 0 Å². The van der Waals surface area contributed by atoms with E-state index in [1.54, 1.807) is 31.2 Å². The molecular formula is C15H16N2O5. The van der Waals surface area contributed by atoms with Gasteiger partial charge in [-0.15, -0.1) is 0 Å². The summed E-state index contributed by atoms with van der Waals surface area (Å²) in [4.78, 5) is 23.1. The fourth-order valence-corrected chi connectivity index (χ4v) is 1.85. The molecule has 1 aromatic carbocycles. The number of aromatic nitrogens is 1. The number of methoxy groups -OCH3 is 1. The largest absolute Gasteiger partial charge is 0.481 e. The minimum Gasteiger partial charge on any atom is -0.481 e. The van der Waals surface area contributed by atoms with Crippen LogP contribution in [0.2, 0.25) is 0 Å². The van der Waals surface area contributed by atoms with Crippen LogP contribution >= 0.6 is 0 Å². The van der Waals surface area contributed by atoms with Crippen molar-refractivity contribution in [2.45, 2.75) is 19.4 Å². The summed E-state index contributed by atoms with van der Waals surface area (Å²) in [7, 11) is 1.51. The summed E-state index contributed by atoms with van der Waals surface area (Å²) < 4.78 is 9.83. The van der Waals surface area contributed by atoms with Crippen LogP contribution in [0.1, 0.15) is 34.7 Å². The van der Waals surface area contributed by atoms with Crippen LogP contribution in [0.15, 0.2) is 34.9 Å². The Bertz CT molecular complexity index is 680. The summed E-state index contributed by atoms with van der Waals surface area (Å²) >= 11 is 0. The fourth-order valence-electron chi connectivity index (χ4n) is 1.85. The Hall–Kier alpha value is -2.67. The zero-order valence-corrected chi connectivity index (χ0v) is 12.2. The average molecular weight is 304 g/mol. The molecule has 2 aromatic rings. The molecule has 2 N–H and O–H groups in total. The van der Waals surface area contributed by atoms with E-state index in [1.165, 1.54) is 13.2 Å². The van der Waals surface area contributed by atoms with Gasteiger partial charge in [0.05, 0.1) is 5.92 Å². The van der Waals surface area contributed by atoms with Crippen molar-refractivity contribution in [3.8, 4) is 0 Å². The van der Waals surface area contributed by atoms with E-state index >= 15 is 0 Å². The van der Waals surface area contributed by atoms with Crippen LogP contribution in [0.3, 0.4) is 0 Å². The van der Waals surface area contributed by atoms with E-state index in [0.717, 1.165) is 0 Å². The Morgan fingerprint density at radius 3 is 2.86 bits per heavy atom. The van der Waals surface area contributed by atoms with Gasteiger partial charge in [0.1, 0.15) is 6.61 Å². The molecule has 1 amide bonds. The number of amides is 1. The Kier molecular flexibility index (Phi) is 4.90. The van der Waals surface area contributed by atoms with Gasteiger partial charge >= 0.3 is 5.97 Å². The molecule has 7 heteroatoms. The number of hydrogen-bond acceptors (Lipinski definition) is 5. The molecule has 2 rings (SSSR count). The van der Waals surface area contributed by atoms with Crippen molar-refractivity contribution in [2.24, 2.45) is 0 Å². The second-order valence-electron chi connectivity index (χ2n) is 4.75. The maximum Gasteiger partial charge on any atom is 0.310 e. The number of carbonyl (C=O) groups is 2. The number of ether oxygens (including phenoxy) is 1. The van der Waals surface area contributed by atoms with Crippen molar-refractivity contribution in [3.63, 3.8) is 0 Å². The van der Waals surface area contributed by atoms with Crippen LogP contribution < -0.4 is 5.32 Å². The second-order valence-corrected chi connectivity index (χ2v) is 4.75. The highest BCUT2D eigenvalue weighted by Crippen LogP contribution is 2.20. The number of rotatable bonds is 6. The van der Waals surface area contributed by atoms with Crippen molar-refractivity contribution >= 4 is 17.6 Å². The number of carboxylic acid groups (broad SMARTS) is 1. The number of anilines is 1. The summed E-state index contributed by atoms with van der Waals surface area (Å²) in [6, 6.07) is 8.16. The Morgan fingerprint density at radius 2 is 2.18 bits per heavy atom. The van der Waals surface area contributed by atoms with E-state index in [-0.39, 0.29) is 12.3 Å². The average Bonchev–Trinajstić information content (AvgIpc) is 2.96. The van der Waals surface area contributed by atoms with Crippen molar-refractivity contribution < 1.29 is 24.0 Å². The lowest BCUT2D eigenvalue weighted by atomic mass is 10.0. The molecule has 0 saturated heterocycles. The lowest BCUT2D eigenvalue weighted by molar-refractivity contribution is -0.138. The first kappa shape index (κ1) is 15.7. The molecule has 1 heterocycles. The predicted octanol–water partition coefficient (Wildman–Crippen LogP) is 2.26. The topological polar surface area (TPSA) is 102 Å². The molecule has 116 valence electrons. The number of benzene rings is 1. The molecule has 7 nitrogen and oxygen atoms in total. The number of hydrogen-bond donors (Lipinski definition) is 2. The summed E-state index contributed by atoms with van der Waals surface area (Å²) in [6.45, 7) is 1.81. The van der Waals surface area contributed by atoms with Gasteiger partial charge in [0.15, 0.2) is 11.5 Å². The second kappa shape index (κ2) is 6.86.